The first-order chi connectivity index (χ1) is 18.0. The minimum atomic E-state index is -0.701. The fraction of sp³-hybridized carbons (Fsp3) is 0.517. The number of benzene rings is 1. The number of hydrogen-bond donors (Lipinski definition) is 2. The number of thiophene rings is 1. The molecular formula is C29H38N4O4S. The number of nitrogens with one attached hydrogen (secondary N) is 1. The van der Waals surface area contributed by atoms with Crippen LogP contribution in [0.2, 0.25) is 0 Å². The van der Waals surface area contributed by atoms with Gasteiger partial charge in [0.2, 0.25) is 11.8 Å². The summed E-state index contributed by atoms with van der Waals surface area (Å²) in [7, 11) is 0. The van der Waals surface area contributed by atoms with E-state index in [1.54, 1.807) is 21.1 Å². The number of nitrogens with zero attached hydrogens (tertiary/aromatic N) is 2. The van der Waals surface area contributed by atoms with Gasteiger partial charge in [0.25, 0.3) is 5.91 Å². The lowest BCUT2D eigenvalue weighted by atomic mass is 9.86. The van der Waals surface area contributed by atoms with Gasteiger partial charge in [-0.05, 0) is 53.3 Å². The highest BCUT2D eigenvalue weighted by molar-refractivity contribution is 7.13. The van der Waals surface area contributed by atoms with Gasteiger partial charge in [0.05, 0.1) is 18.6 Å². The van der Waals surface area contributed by atoms with Crippen molar-refractivity contribution in [2.75, 3.05) is 19.6 Å². The molecule has 3 heterocycles. The molecule has 0 saturated carbocycles. The van der Waals surface area contributed by atoms with Crippen LogP contribution < -0.4 is 11.1 Å². The van der Waals surface area contributed by atoms with Crippen LogP contribution in [0.4, 0.5) is 0 Å². The summed E-state index contributed by atoms with van der Waals surface area (Å²) < 4.78 is 0. The van der Waals surface area contributed by atoms with E-state index in [0.29, 0.717) is 31.5 Å². The smallest absolute Gasteiger partial charge is 0.251 e. The van der Waals surface area contributed by atoms with E-state index in [0.717, 1.165) is 10.4 Å². The van der Waals surface area contributed by atoms with Gasteiger partial charge in [-0.1, -0.05) is 45.9 Å². The van der Waals surface area contributed by atoms with E-state index < -0.39 is 17.5 Å². The third kappa shape index (κ3) is 5.99. The van der Waals surface area contributed by atoms with Crippen molar-refractivity contribution in [2.45, 2.75) is 65.1 Å². The van der Waals surface area contributed by atoms with Crippen LogP contribution in [0, 0.1) is 11.3 Å². The molecule has 3 N–H and O–H groups in total. The van der Waals surface area contributed by atoms with Crippen LogP contribution in [0.3, 0.4) is 0 Å². The molecule has 1 aromatic heterocycles. The molecule has 2 aliphatic heterocycles. The molecule has 8 nitrogen and oxygen atoms in total. The predicted molar refractivity (Wildman–Crippen MR) is 149 cm³/mol. The van der Waals surface area contributed by atoms with Crippen molar-refractivity contribution in [3.63, 3.8) is 0 Å². The molecule has 0 radical (unpaired) electrons. The first-order valence-electron chi connectivity index (χ1n) is 13.3. The Balaban J connectivity index is 1.25. The number of carbonyl (C=O) groups is 4. The molecule has 2 aromatic rings. The van der Waals surface area contributed by atoms with E-state index in [1.807, 2.05) is 69.5 Å². The lowest BCUT2D eigenvalue weighted by Crippen LogP contribution is -2.52. The van der Waals surface area contributed by atoms with Gasteiger partial charge >= 0.3 is 0 Å². The van der Waals surface area contributed by atoms with Crippen LogP contribution >= 0.6 is 11.3 Å². The van der Waals surface area contributed by atoms with Gasteiger partial charge in [-0.15, -0.1) is 11.3 Å². The minimum Gasteiger partial charge on any atom is -0.352 e. The lowest BCUT2D eigenvalue weighted by Gasteiger charge is -2.32. The maximum absolute atomic E-state index is 13.1. The van der Waals surface area contributed by atoms with Crippen LogP contribution in [-0.2, 0) is 14.4 Å². The zero-order valence-electron chi connectivity index (χ0n) is 22.6. The van der Waals surface area contributed by atoms with Gasteiger partial charge in [-0.3, -0.25) is 19.2 Å². The quantitative estimate of drug-likeness (QED) is 0.536. The SMILES string of the molecule is CC(CCNC(=O)c1ccc(-c2cccs2)cc1)CC(=O)N1CCC2C1C(=O)CN2C(=O)C(N)C(C)(C)C. The summed E-state index contributed by atoms with van der Waals surface area (Å²) in [5.41, 5.74) is 7.45. The Labute approximate surface area is 228 Å². The van der Waals surface area contributed by atoms with Gasteiger partial charge in [0.1, 0.15) is 6.04 Å². The van der Waals surface area contributed by atoms with E-state index in [1.165, 1.54) is 0 Å². The summed E-state index contributed by atoms with van der Waals surface area (Å²) in [5.74, 6) is -0.508. The monoisotopic (exact) mass is 538 g/mol. The van der Waals surface area contributed by atoms with Gasteiger partial charge < -0.3 is 20.9 Å². The standard InChI is InChI=1S/C29H38N4O4S/c1-18(11-13-31-27(36)20-9-7-19(8-10-20)23-6-5-15-38-23)16-24(35)32-14-12-21-25(32)22(34)17-33(21)28(37)26(30)29(2,3)4/h5-10,15,18,21,25-26H,11-14,16-17,30H2,1-4H3,(H,31,36). The van der Waals surface area contributed by atoms with E-state index in [-0.39, 0.29) is 48.4 Å². The summed E-state index contributed by atoms with van der Waals surface area (Å²) in [4.78, 5) is 55.9. The number of ketones is 1. The van der Waals surface area contributed by atoms with Crippen molar-refractivity contribution in [2.24, 2.45) is 17.1 Å². The second-order valence-electron chi connectivity index (χ2n) is 11.6. The Kier molecular flexibility index (Phi) is 8.37. The largest absolute Gasteiger partial charge is 0.352 e. The fourth-order valence-electron chi connectivity index (χ4n) is 5.22. The molecule has 2 aliphatic rings. The number of Topliss-reactive ketones (excluding diaryl/α,β-unsaturated/α-hetero) is 1. The van der Waals surface area contributed by atoms with E-state index in [4.69, 9.17) is 5.73 Å². The number of carbonyl (C=O) groups excluding carboxylic acids is 4. The first kappa shape index (κ1) is 28.0. The fourth-order valence-corrected chi connectivity index (χ4v) is 5.95. The molecule has 4 unspecified atom stereocenters. The van der Waals surface area contributed by atoms with Crippen molar-refractivity contribution in [1.29, 1.82) is 0 Å². The average molecular weight is 539 g/mol. The Morgan fingerprint density at radius 1 is 1.13 bits per heavy atom. The van der Waals surface area contributed by atoms with Crippen LogP contribution in [0.15, 0.2) is 41.8 Å². The van der Waals surface area contributed by atoms with E-state index >= 15 is 0 Å². The molecule has 2 saturated heterocycles. The molecular weight excluding hydrogens is 500 g/mol. The van der Waals surface area contributed by atoms with Crippen molar-refractivity contribution < 1.29 is 19.2 Å². The second kappa shape index (κ2) is 11.4. The molecule has 38 heavy (non-hydrogen) atoms. The summed E-state index contributed by atoms with van der Waals surface area (Å²) in [5, 5.41) is 4.96. The zero-order chi connectivity index (χ0) is 27.6. The molecule has 3 amide bonds. The molecule has 9 heteroatoms. The normalized spacial score (nSPS) is 20.8. The average Bonchev–Trinajstić information content (AvgIpc) is 3.61. The summed E-state index contributed by atoms with van der Waals surface area (Å²) in [6.07, 6.45) is 1.52. The highest BCUT2D eigenvalue weighted by atomic mass is 32.1. The Morgan fingerprint density at radius 2 is 1.84 bits per heavy atom. The topological polar surface area (TPSA) is 113 Å². The van der Waals surface area contributed by atoms with Gasteiger partial charge in [0, 0.05) is 30.0 Å². The summed E-state index contributed by atoms with van der Waals surface area (Å²) in [6, 6.07) is 10.0. The highest BCUT2D eigenvalue weighted by Gasteiger charge is 2.52. The van der Waals surface area contributed by atoms with Crippen LogP contribution in [0.5, 0.6) is 0 Å². The van der Waals surface area contributed by atoms with Crippen molar-refractivity contribution in [3.05, 3.63) is 47.3 Å². The molecule has 4 atom stereocenters. The van der Waals surface area contributed by atoms with Gasteiger partial charge in [-0.25, -0.2) is 0 Å². The van der Waals surface area contributed by atoms with Crippen molar-refractivity contribution >= 4 is 34.8 Å². The maximum atomic E-state index is 13.1. The molecule has 4 rings (SSSR count). The molecule has 2 fully saturated rings. The van der Waals surface area contributed by atoms with Gasteiger partial charge in [0.15, 0.2) is 5.78 Å². The van der Waals surface area contributed by atoms with Crippen LogP contribution in [0.25, 0.3) is 10.4 Å². The van der Waals surface area contributed by atoms with Crippen LogP contribution in [0.1, 0.15) is 57.3 Å². The highest BCUT2D eigenvalue weighted by Crippen LogP contribution is 2.32. The molecule has 0 spiro atoms. The van der Waals surface area contributed by atoms with E-state index in [9.17, 15) is 19.2 Å². The zero-order valence-corrected chi connectivity index (χ0v) is 23.4. The molecule has 204 valence electrons. The number of fused-ring (bicyclic) bond motifs is 1. The molecule has 0 bridgehead atoms. The van der Waals surface area contributed by atoms with Crippen molar-refractivity contribution in [3.8, 4) is 10.4 Å². The number of amides is 3. The number of rotatable bonds is 8. The minimum absolute atomic E-state index is 0.0115. The first-order valence-corrected chi connectivity index (χ1v) is 14.2. The van der Waals surface area contributed by atoms with Crippen molar-refractivity contribution in [1.82, 2.24) is 15.1 Å². The Morgan fingerprint density at radius 3 is 2.47 bits per heavy atom. The molecule has 0 aliphatic carbocycles. The summed E-state index contributed by atoms with van der Waals surface area (Å²) >= 11 is 1.66. The number of nitrogens with two attached hydrogens (primary N) is 1. The Bertz CT molecular complexity index is 1170. The summed E-state index contributed by atoms with van der Waals surface area (Å²) in [6.45, 7) is 8.61. The third-order valence-electron chi connectivity index (χ3n) is 7.62. The van der Waals surface area contributed by atoms with E-state index in [2.05, 4.69) is 5.32 Å². The van der Waals surface area contributed by atoms with Crippen LogP contribution in [-0.4, -0.2) is 71.1 Å². The maximum Gasteiger partial charge on any atom is 0.251 e. The lowest BCUT2D eigenvalue weighted by molar-refractivity contribution is -0.137. The number of hydrogen-bond acceptors (Lipinski definition) is 6. The predicted octanol–water partition coefficient (Wildman–Crippen LogP) is 3.32. The third-order valence-corrected chi connectivity index (χ3v) is 8.54. The molecule has 1 aromatic carbocycles. The number of likely N-dealkylation sites (tertiary alicyclic amines) is 2. The second-order valence-corrected chi connectivity index (χ2v) is 12.5. The van der Waals surface area contributed by atoms with Gasteiger partial charge in [-0.2, -0.15) is 0 Å². The Hall–Kier alpha value is -3.04.